The predicted molar refractivity (Wildman–Crippen MR) is 42.9 cm³/mol. The lowest BCUT2D eigenvalue weighted by Crippen LogP contribution is -2.03. The molecule has 0 aromatic carbocycles. The molecule has 0 aliphatic rings. The summed E-state index contributed by atoms with van der Waals surface area (Å²) in [6, 6.07) is 0. The zero-order valence-corrected chi connectivity index (χ0v) is 7.22. The quantitative estimate of drug-likeness (QED) is 0.394. The van der Waals surface area contributed by atoms with Crippen molar-refractivity contribution in [2.24, 2.45) is 0 Å². The molecule has 0 aromatic heterocycles. The molecule has 2 N–H and O–H groups in total. The van der Waals surface area contributed by atoms with Crippen LogP contribution in [-0.2, 0) is 4.79 Å². The average Bonchev–Trinajstić information content (AvgIpc) is 1.84. The number of hydrogen-bond acceptors (Lipinski definition) is 2. The second-order valence-electron chi connectivity index (χ2n) is 2.36. The molecular formula is C7H11ClO3. The Labute approximate surface area is 70.3 Å². The highest BCUT2D eigenvalue weighted by Crippen LogP contribution is 2.11. The number of aliphatic carboxylic acids is 1. The third-order valence-electron chi connectivity index (χ3n) is 1.23. The summed E-state index contributed by atoms with van der Waals surface area (Å²) >= 11 is 5.53. The van der Waals surface area contributed by atoms with E-state index < -0.39 is 5.97 Å². The van der Waals surface area contributed by atoms with Gasteiger partial charge in [-0.05, 0) is 13.8 Å². The van der Waals surface area contributed by atoms with Crippen LogP contribution in [0.4, 0.5) is 0 Å². The number of hydrogen-bond donors (Lipinski definition) is 2. The zero-order chi connectivity index (χ0) is 9.02. The van der Waals surface area contributed by atoms with Gasteiger partial charge in [-0.2, -0.15) is 0 Å². The van der Waals surface area contributed by atoms with Crippen LogP contribution in [0.1, 0.15) is 20.3 Å². The van der Waals surface area contributed by atoms with Gasteiger partial charge in [0.15, 0.2) is 0 Å². The van der Waals surface area contributed by atoms with Gasteiger partial charge in [-0.3, -0.25) is 0 Å². The summed E-state index contributed by atoms with van der Waals surface area (Å²) in [5, 5.41) is 17.2. The van der Waals surface area contributed by atoms with Crippen LogP contribution in [0.15, 0.2) is 11.3 Å². The number of alkyl halides is 1. The van der Waals surface area contributed by atoms with Crippen LogP contribution >= 0.6 is 11.6 Å². The number of carbonyl (C=O) groups is 1. The Morgan fingerprint density at radius 3 is 2.27 bits per heavy atom. The van der Waals surface area contributed by atoms with Crippen LogP contribution in [0.5, 0.6) is 0 Å². The number of allylic oxidation sites excluding steroid dienone is 1. The van der Waals surface area contributed by atoms with Crippen LogP contribution in [0, 0.1) is 0 Å². The molecule has 64 valence electrons. The fourth-order valence-corrected chi connectivity index (χ4v) is 0.689. The molecule has 0 saturated carbocycles. The predicted octanol–water partition coefficient (Wildman–Crippen LogP) is 1.92. The average molecular weight is 179 g/mol. The molecule has 1 unspecified atom stereocenters. The van der Waals surface area contributed by atoms with Gasteiger partial charge in [0.1, 0.15) is 5.76 Å². The number of rotatable bonds is 3. The summed E-state index contributed by atoms with van der Waals surface area (Å²) in [5.41, 5.74) is -0.0440. The van der Waals surface area contributed by atoms with E-state index in [1.165, 1.54) is 6.92 Å². The highest BCUT2D eigenvalue weighted by atomic mass is 35.5. The fourth-order valence-electron chi connectivity index (χ4n) is 0.543. The van der Waals surface area contributed by atoms with Crippen molar-refractivity contribution in [3.63, 3.8) is 0 Å². The molecule has 1 atom stereocenters. The van der Waals surface area contributed by atoms with Gasteiger partial charge in [0, 0.05) is 11.8 Å². The highest BCUT2D eigenvalue weighted by Gasteiger charge is 2.09. The van der Waals surface area contributed by atoms with E-state index in [4.69, 9.17) is 21.8 Å². The maximum absolute atomic E-state index is 10.3. The van der Waals surface area contributed by atoms with E-state index in [9.17, 15) is 4.79 Å². The molecular weight excluding hydrogens is 168 g/mol. The van der Waals surface area contributed by atoms with E-state index >= 15 is 0 Å². The number of aliphatic hydroxyl groups excluding tert-OH is 1. The van der Waals surface area contributed by atoms with E-state index in [2.05, 4.69) is 0 Å². The topological polar surface area (TPSA) is 57.5 Å². The lowest BCUT2D eigenvalue weighted by atomic mass is 10.2. The second-order valence-corrected chi connectivity index (χ2v) is 3.11. The summed E-state index contributed by atoms with van der Waals surface area (Å²) in [6.07, 6.45) is 0.194. The minimum absolute atomic E-state index is 0.0440. The van der Waals surface area contributed by atoms with E-state index in [1.54, 1.807) is 6.92 Å². The summed E-state index contributed by atoms with van der Waals surface area (Å²) < 4.78 is 0. The Bertz CT molecular complexity index is 184. The van der Waals surface area contributed by atoms with E-state index in [1.807, 2.05) is 0 Å². The third-order valence-corrected chi connectivity index (χ3v) is 1.38. The monoisotopic (exact) mass is 178 g/mol. The highest BCUT2D eigenvalue weighted by molar-refractivity contribution is 6.20. The summed E-state index contributed by atoms with van der Waals surface area (Å²) in [6.45, 7) is 3.03. The SMILES string of the molecule is CC(C(=O)O)=C(O)CC(C)Cl. The number of aliphatic hydroxyl groups is 1. The Hall–Kier alpha value is -0.700. The van der Waals surface area contributed by atoms with Crippen LogP contribution in [-0.4, -0.2) is 21.6 Å². The number of carboxylic acids is 1. The Kier molecular flexibility index (Phi) is 3.97. The molecule has 4 heteroatoms. The maximum Gasteiger partial charge on any atom is 0.334 e. The Morgan fingerprint density at radius 1 is 1.55 bits per heavy atom. The molecule has 0 fully saturated rings. The van der Waals surface area contributed by atoms with Crippen molar-refractivity contribution in [2.75, 3.05) is 0 Å². The molecule has 0 amide bonds. The molecule has 11 heavy (non-hydrogen) atoms. The van der Waals surface area contributed by atoms with Crippen molar-refractivity contribution in [1.29, 1.82) is 0 Å². The van der Waals surface area contributed by atoms with Crippen molar-refractivity contribution in [1.82, 2.24) is 0 Å². The van der Waals surface area contributed by atoms with Gasteiger partial charge < -0.3 is 10.2 Å². The van der Waals surface area contributed by atoms with Crippen LogP contribution in [0.2, 0.25) is 0 Å². The first-order valence-electron chi connectivity index (χ1n) is 3.21. The Morgan fingerprint density at radius 2 is 2.00 bits per heavy atom. The molecule has 0 bridgehead atoms. The number of carboxylic acid groups (broad SMARTS) is 1. The first kappa shape index (κ1) is 10.3. The van der Waals surface area contributed by atoms with Gasteiger partial charge in [0.05, 0.1) is 5.57 Å². The summed E-state index contributed by atoms with van der Waals surface area (Å²) in [5.74, 6) is -1.26. The van der Waals surface area contributed by atoms with Crippen molar-refractivity contribution < 1.29 is 15.0 Å². The molecule has 0 aromatic rings. The lowest BCUT2D eigenvalue weighted by molar-refractivity contribution is -0.132. The minimum Gasteiger partial charge on any atom is -0.512 e. The lowest BCUT2D eigenvalue weighted by Gasteiger charge is -2.03. The zero-order valence-electron chi connectivity index (χ0n) is 6.47. The van der Waals surface area contributed by atoms with Gasteiger partial charge in [-0.25, -0.2) is 4.79 Å². The Balaban J connectivity index is 4.28. The van der Waals surface area contributed by atoms with Crippen molar-refractivity contribution in [3.8, 4) is 0 Å². The summed E-state index contributed by atoms with van der Waals surface area (Å²) in [7, 11) is 0. The van der Waals surface area contributed by atoms with Gasteiger partial charge in [0.2, 0.25) is 0 Å². The van der Waals surface area contributed by atoms with Crippen molar-refractivity contribution >= 4 is 17.6 Å². The first-order chi connectivity index (χ1) is 4.95. The normalized spacial score (nSPS) is 15.5. The standard InChI is InChI=1S/C7H11ClO3/c1-4(8)3-6(9)5(2)7(10)11/h4,9H,3H2,1-2H3,(H,10,11). The van der Waals surface area contributed by atoms with E-state index in [0.29, 0.717) is 0 Å². The molecule has 3 nitrogen and oxygen atoms in total. The van der Waals surface area contributed by atoms with E-state index in [0.717, 1.165) is 0 Å². The van der Waals surface area contributed by atoms with Crippen molar-refractivity contribution in [2.45, 2.75) is 25.6 Å². The second kappa shape index (κ2) is 4.23. The van der Waals surface area contributed by atoms with Gasteiger partial charge in [-0.15, -0.1) is 11.6 Å². The maximum atomic E-state index is 10.3. The summed E-state index contributed by atoms with van der Waals surface area (Å²) in [4.78, 5) is 10.3. The first-order valence-corrected chi connectivity index (χ1v) is 3.65. The molecule has 0 heterocycles. The van der Waals surface area contributed by atoms with Gasteiger partial charge in [0.25, 0.3) is 0 Å². The molecule has 0 saturated heterocycles. The van der Waals surface area contributed by atoms with Crippen LogP contribution in [0.3, 0.4) is 0 Å². The fraction of sp³-hybridized carbons (Fsp3) is 0.571. The van der Waals surface area contributed by atoms with Crippen LogP contribution in [0.25, 0.3) is 0 Å². The molecule has 0 rings (SSSR count). The number of halogens is 1. The minimum atomic E-state index is -1.11. The molecule has 0 radical (unpaired) electrons. The van der Waals surface area contributed by atoms with Crippen molar-refractivity contribution in [3.05, 3.63) is 11.3 Å². The third kappa shape index (κ3) is 3.88. The molecule has 0 aliphatic heterocycles. The van der Waals surface area contributed by atoms with Crippen LogP contribution < -0.4 is 0 Å². The smallest absolute Gasteiger partial charge is 0.334 e. The van der Waals surface area contributed by atoms with Gasteiger partial charge in [-0.1, -0.05) is 0 Å². The molecule has 0 spiro atoms. The van der Waals surface area contributed by atoms with Gasteiger partial charge >= 0.3 is 5.97 Å². The largest absolute Gasteiger partial charge is 0.512 e. The van der Waals surface area contributed by atoms with E-state index in [-0.39, 0.29) is 23.1 Å². The molecule has 0 aliphatic carbocycles.